The van der Waals surface area contributed by atoms with Crippen molar-refractivity contribution in [3.8, 4) is 11.1 Å². The number of benzene rings is 7. The normalized spacial score (nSPS) is 11.5. The summed E-state index contributed by atoms with van der Waals surface area (Å²) in [6.07, 6.45) is 0. The van der Waals surface area contributed by atoms with Crippen LogP contribution < -0.4 is 10.6 Å². The highest BCUT2D eigenvalue weighted by Gasteiger charge is 2.18. The summed E-state index contributed by atoms with van der Waals surface area (Å²) in [5.41, 5.74) is 13.7. The maximum absolute atomic E-state index is 5.90. The number of nitrogen functional groups attached to an aromatic ring is 1. The molecule has 0 heterocycles. The Morgan fingerprint density at radius 2 is 1.11 bits per heavy atom. The van der Waals surface area contributed by atoms with E-state index in [1.807, 2.05) is 12.1 Å². The summed E-state index contributed by atoms with van der Waals surface area (Å²) in [7, 11) is 0. The Kier molecular flexibility index (Phi) is 4.87. The van der Waals surface area contributed by atoms with Crippen molar-refractivity contribution in [2.45, 2.75) is 6.92 Å². The molecule has 0 spiro atoms. The molecule has 0 saturated carbocycles. The number of aryl methyl sites for hydroxylation is 1. The van der Waals surface area contributed by atoms with E-state index in [1.54, 1.807) is 0 Å². The van der Waals surface area contributed by atoms with E-state index in [1.165, 1.54) is 49.1 Å². The lowest BCUT2D eigenvalue weighted by atomic mass is 9.93. The first kappa shape index (κ1) is 21.5. The van der Waals surface area contributed by atoms with Gasteiger partial charge >= 0.3 is 0 Å². The predicted molar refractivity (Wildman–Crippen MR) is 159 cm³/mol. The van der Waals surface area contributed by atoms with Crippen LogP contribution in [0.15, 0.2) is 127 Å². The highest BCUT2D eigenvalue weighted by atomic mass is 15.1. The quantitative estimate of drug-likeness (QED) is 0.203. The fourth-order valence-electron chi connectivity index (χ4n) is 5.59. The summed E-state index contributed by atoms with van der Waals surface area (Å²) < 4.78 is 0. The molecule has 37 heavy (non-hydrogen) atoms. The van der Waals surface area contributed by atoms with Gasteiger partial charge < -0.3 is 10.6 Å². The average molecular weight is 475 g/mol. The third-order valence-corrected chi connectivity index (χ3v) is 7.38. The van der Waals surface area contributed by atoms with E-state index >= 15 is 0 Å². The molecule has 0 atom stereocenters. The summed E-state index contributed by atoms with van der Waals surface area (Å²) in [6.45, 7) is 2.15. The number of hydrogen-bond acceptors (Lipinski definition) is 2. The molecule has 0 saturated heterocycles. The first-order valence-electron chi connectivity index (χ1n) is 12.6. The molecule has 0 bridgehead atoms. The van der Waals surface area contributed by atoms with Gasteiger partial charge in [-0.15, -0.1) is 0 Å². The Morgan fingerprint density at radius 3 is 1.81 bits per heavy atom. The molecule has 0 unspecified atom stereocenters. The molecule has 7 aromatic rings. The molecular formula is C35H26N2. The van der Waals surface area contributed by atoms with Crippen LogP contribution in [0, 0.1) is 6.92 Å². The summed E-state index contributed by atoms with van der Waals surface area (Å²) >= 11 is 0. The van der Waals surface area contributed by atoms with Crippen molar-refractivity contribution in [1.29, 1.82) is 0 Å². The molecule has 0 fully saturated rings. The predicted octanol–water partition coefficient (Wildman–Crippen LogP) is 9.61. The van der Waals surface area contributed by atoms with Crippen molar-refractivity contribution in [2.24, 2.45) is 0 Å². The fraction of sp³-hybridized carbons (Fsp3) is 0.0286. The fourth-order valence-corrected chi connectivity index (χ4v) is 5.59. The Morgan fingerprint density at radius 1 is 0.514 bits per heavy atom. The molecule has 0 aromatic heterocycles. The molecular weight excluding hydrogens is 448 g/mol. The Hall–Kier alpha value is -4.82. The molecule has 2 heteroatoms. The maximum Gasteiger partial charge on any atom is 0.0540 e. The van der Waals surface area contributed by atoms with Crippen LogP contribution in [0.3, 0.4) is 0 Å². The van der Waals surface area contributed by atoms with E-state index in [-0.39, 0.29) is 0 Å². The van der Waals surface area contributed by atoms with Gasteiger partial charge in [0, 0.05) is 22.4 Å². The third kappa shape index (κ3) is 3.57. The molecule has 7 aromatic carbocycles. The van der Waals surface area contributed by atoms with E-state index < -0.39 is 0 Å². The van der Waals surface area contributed by atoms with Crippen molar-refractivity contribution in [2.75, 3.05) is 10.6 Å². The maximum atomic E-state index is 5.90. The smallest absolute Gasteiger partial charge is 0.0540 e. The number of hydrogen-bond donors (Lipinski definition) is 1. The molecule has 0 aliphatic carbocycles. The van der Waals surface area contributed by atoms with Gasteiger partial charge in [-0.1, -0.05) is 84.9 Å². The Bertz CT molecular complexity index is 1870. The highest BCUT2D eigenvalue weighted by molar-refractivity contribution is 6.25. The van der Waals surface area contributed by atoms with Crippen LogP contribution >= 0.6 is 0 Å². The topological polar surface area (TPSA) is 29.3 Å². The van der Waals surface area contributed by atoms with Crippen LogP contribution in [-0.4, -0.2) is 0 Å². The van der Waals surface area contributed by atoms with E-state index in [0.29, 0.717) is 0 Å². The van der Waals surface area contributed by atoms with E-state index in [2.05, 4.69) is 127 Å². The van der Waals surface area contributed by atoms with Gasteiger partial charge in [0.25, 0.3) is 0 Å². The van der Waals surface area contributed by atoms with Gasteiger partial charge in [-0.05, 0) is 93.0 Å². The molecule has 0 radical (unpaired) electrons. The second-order valence-corrected chi connectivity index (χ2v) is 9.78. The minimum atomic E-state index is 0.778. The summed E-state index contributed by atoms with van der Waals surface area (Å²) in [5.74, 6) is 0. The van der Waals surface area contributed by atoms with E-state index in [0.717, 1.165) is 22.6 Å². The van der Waals surface area contributed by atoms with Crippen LogP contribution in [-0.2, 0) is 0 Å². The van der Waals surface area contributed by atoms with Crippen LogP contribution in [0.25, 0.3) is 43.4 Å². The molecule has 0 amide bonds. The van der Waals surface area contributed by atoms with Gasteiger partial charge in [0.05, 0.1) is 5.69 Å². The number of anilines is 4. The van der Waals surface area contributed by atoms with E-state index in [9.17, 15) is 0 Å². The second-order valence-electron chi connectivity index (χ2n) is 9.78. The van der Waals surface area contributed by atoms with Crippen LogP contribution in [0.4, 0.5) is 22.7 Å². The van der Waals surface area contributed by atoms with Crippen molar-refractivity contribution < 1.29 is 0 Å². The lowest BCUT2D eigenvalue weighted by molar-refractivity contribution is 1.28. The summed E-state index contributed by atoms with van der Waals surface area (Å²) in [5, 5.41) is 7.74. The van der Waals surface area contributed by atoms with Gasteiger partial charge in [-0.25, -0.2) is 0 Å². The molecule has 176 valence electrons. The standard InChI is InChI=1S/C35H26N2/c1-23-4-2-7-31(22-23)37(30-18-12-25(13-19-30)24-10-16-29(36)17-11-24)33-21-15-28-9-8-26-5-3-6-27-14-20-32(33)35(28)34(26)27/h2-22H,36H2,1H3. The summed E-state index contributed by atoms with van der Waals surface area (Å²) in [6, 6.07) is 45.7. The monoisotopic (exact) mass is 474 g/mol. The van der Waals surface area contributed by atoms with Crippen molar-refractivity contribution >= 4 is 55.1 Å². The number of nitrogens with zero attached hydrogens (tertiary/aromatic N) is 1. The lowest BCUT2D eigenvalue weighted by Crippen LogP contribution is -2.10. The molecule has 2 nitrogen and oxygen atoms in total. The van der Waals surface area contributed by atoms with Gasteiger partial charge in [0.1, 0.15) is 0 Å². The van der Waals surface area contributed by atoms with Crippen LogP contribution in [0.5, 0.6) is 0 Å². The zero-order valence-electron chi connectivity index (χ0n) is 20.6. The molecule has 0 aliphatic heterocycles. The largest absolute Gasteiger partial charge is 0.399 e. The van der Waals surface area contributed by atoms with Gasteiger partial charge in [0.2, 0.25) is 0 Å². The van der Waals surface area contributed by atoms with Crippen molar-refractivity contribution in [3.05, 3.63) is 133 Å². The van der Waals surface area contributed by atoms with Gasteiger partial charge in [0.15, 0.2) is 0 Å². The SMILES string of the molecule is Cc1cccc(N(c2ccc(-c3ccc(N)cc3)cc2)c2ccc3ccc4cccc5ccc2c3c45)c1. The van der Waals surface area contributed by atoms with Crippen molar-refractivity contribution in [3.63, 3.8) is 0 Å². The summed E-state index contributed by atoms with van der Waals surface area (Å²) in [4.78, 5) is 2.38. The molecule has 7 rings (SSSR count). The minimum absolute atomic E-state index is 0.778. The Balaban J connectivity index is 1.45. The zero-order valence-corrected chi connectivity index (χ0v) is 20.6. The first-order chi connectivity index (χ1) is 18.2. The first-order valence-corrected chi connectivity index (χ1v) is 12.6. The van der Waals surface area contributed by atoms with Crippen molar-refractivity contribution in [1.82, 2.24) is 0 Å². The number of nitrogens with two attached hydrogens (primary N) is 1. The minimum Gasteiger partial charge on any atom is -0.399 e. The van der Waals surface area contributed by atoms with Gasteiger partial charge in [-0.2, -0.15) is 0 Å². The van der Waals surface area contributed by atoms with Crippen LogP contribution in [0.1, 0.15) is 5.56 Å². The zero-order chi connectivity index (χ0) is 24.9. The molecule has 0 aliphatic rings. The van der Waals surface area contributed by atoms with Crippen LogP contribution in [0.2, 0.25) is 0 Å². The van der Waals surface area contributed by atoms with Gasteiger partial charge in [-0.3, -0.25) is 0 Å². The van der Waals surface area contributed by atoms with E-state index in [4.69, 9.17) is 5.73 Å². The Labute approximate surface area is 216 Å². The average Bonchev–Trinajstić information content (AvgIpc) is 2.93. The third-order valence-electron chi connectivity index (χ3n) is 7.38. The lowest BCUT2D eigenvalue weighted by Gasteiger charge is -2.28. The second kappa shape index (κ2) is 8.39. The molecule has 2 N–H and O–H groups in total. The highest BCUT2D eigenvalue weighted by Crippen LogP contribution is 2.44. The number of rotatable bonds is 4.